The van der Waals surface area contributed by atoms with Gasteiger partial charge in [0, 0.05) is 5.54 Å². The van der Waals surface area contributed by atoms with E-state index in [9.17, 15) is 0 Å². The molecular weight excluding hydrogens is 282 g/mol. The molecule has 1 N–H and O–H groups in total. The van der Waals surface area contributed by atoms with Crippen molar-refractivity contribution < 1.29 is 9.47 Å². The van der Waals surface area contributed by atoms with Crippen LogP contribution in [0.4, 0.5) is 0 Å². The molecule has 1 saturated heterocycles. The van der Waals surface area contributed by atoms with E-state index >= 15 is 0 Å². The quantitative estimate of drug-likeness (QED) is 0.911. The molecule has 0 spiro atoms. The second-order valence-corrected chi connectivity index (χ2v) is 5.84. The topological polar surface area (TPSA) is 30.5 Å². The zero-order valence-corrected chi connectivity index (χ0v) is 12.0. The molecule has 1 heterocycles. The number of nitrogens with one attached hydrogen (secondary N) is 1. The van der Waals surface area contributed by atoms with E-state index in [2.05, 4.69) is 47.2 Å². The highest BCUT2D eigenvalue weighted by atomic mass is 79.9. The third-order valence-corrected chi connectivity index (χ3v) is 3.51. The lowest BCUT2D eigenvalue weighted by molar-refractivity contribution is 0.0127. The van der Waals surface area contributed by atoms with Crippen molar-refractivity contribution in [1.29, 1.82) is 0 Å². The predicted octanol–water partition coefficient (Wildman–Crippen LogP) is 2.90. The molecule has 1 unspecified atom stereocenters. The second-order valence-electron chi connectivity index (χ2n) is 4.99. The third kappa shape index (κ3) is 3.00. The Kier molecular flexibility index (Phi) is 3.76. The van der Waals surface area contributed by atoms with Gasteiger partial charge in [0.25, 0.3) is 0 Å². The van der Waals surface area contributed by atoms with E-state index in [1.54, 1.807) is 7.11 Å². The van der Waals surface area contributed by atoms with Gasteiger partial charge in [-0.1, -0.05) is 6.07 Å². The number of rotatable bonds is 2. The SMILES string of the molecule is COc1ccc(C2COCC(C)(C)N2)cc1Br. The van der Waals surface area contributed by atoms with Crippen molar-refractivity contribution in [2.24, 2.45) is 0 Å². The van der Waals surface area contributed by atoms with Crippen LogP contribution >= 0.6 is 15.9 Å². The molecule has 4 heteroatoms. The fourth-order valence-corrected chi connectivity index (χ4v) is 2.62. The van der Waals surface area contributed by atoms with Gasteiger partial charge in [-0.3, -0.25) is 0 Å². The molecule has 1 aromatic rings. The molecule has 0 bridgehead atoms. The van der Waals surface area contributed by atoms with E-state index in [0.717, 1.165) is 16.8 Å². The van der Waals surface area contributed by atoms with Crippen LogP contribution in [-0.2, 0) is 4.74 Å². The summed E-state index contributed by atoms with van der Waals surface area (Å²) in [5.74, 6) is 0.852. The summed E-state index contributed by atoms with van der Waals surface area (Å²) in [5, 5.41) is 3.59. The Labute approximate surface area is 111 Å². The van der Waals surface area contributed by atoms with E-state index in [4.69, 9.17) is 9.47 Å². The lowest BCUT2D eigenvalue weighted by atomic mass is 9.99. The highest BCUT2D eigenvalue weighted by molar-refractivity contribution is 9.10. The summed E-state index contributed by atoms with van der Waals surface area (Å²) in [6.45, 7) is 5.76. The Morgan fingerprint density at radius 1 is 1.47 bits per heavy atom. The first-order valence-corrected chi connectivity index (χ1v) is 6.50. The highest BCUT2D eigenvalue weighted by Crippen LogP contribution is 2.30. The second kappa shape index (κ2) is 4.96. The van der Waals surface area contributed by atoms with Crippen molar-refractivity contribution in [1.82, 2.24) is 5.32 Å². The molecule has 1 aliphatic heterocycles. The fourth-order valence-electron chi connectivity index (χ4n) is 2.07. The maximum atomic E-state index is 5.64. The van der Waals surface area contributed by atoms with Gasteiger partial charge >= 0.3 is 0 Å². The minimum atomic E-state index is 0.0231. The van der Waals surface area contributed by atoms with Gasteiger partial charge in [0.15, 0.2) is 0 Å². The van der Waals surface area contributed by atoms with Gasteiger partial charge in [0.1, 0.15) is 5.75 Å². The number of benzene rings is 1. The summed E-state index contributed by atoms with van der Waals surface area (Å²) in [6.07, 6.45) is 0. The molecule has 0 aliphatic carbocycles. The summed E-state index contributed by atoms with van der Waals surface area (Å²) in [5.41, 5.74) is 1.24. The van der Waals surface area contributed by atoms with E-state index in [0.29, 0.717) is 6.61 Å². The average Bonchev–Trinajstić information content (AvgIpc) is 2.27. The van der Waals surface area contributed by atoms with E-state index in [1.807, 2.05) is 6.07 Å². The molecule has 0 amide bonds. The van der Waals surface area contributed by atoms with Crippen LogP contribution < -0.4 is 10.1 Å². The van der Waals surface area contributed by atoms with Crippen LogP contribution in [0, 0.1) is 0 Å². The molecule has 94 valence electrons. The lowest BCUT2D eigenvalue weighted by Crippen LogP contribution is -2.51. The van der Waals surface area contributed by atoms with Crippen molar-refractivity contribution in [3.05, 3.63) is 28.2 Å². The average molecular weight is 300 g/mol. The molecule has 3 nitrogen and oxygen atoms in total. The molecule has 1 fully saturated rings. The van der Waals surface area contributed by atoms with Gasteiger partial charge in [0.2, 0.25) is 0 Å². The first-order valence-electron chi connectivity index (χ1n) is 5.71. The van der Waals surface area contributed by atoms with E-state index in [1.165, 1.54) is 5.56 Å². The van der Waals surface area contributed by atoms with Gasteiger partial charge in [-0.2, -0.15) is 0 Å². The van der Waals surface area contributed by atoms with Crippen LogP contribution in [-0.4, -0.2) is 25.9 Å². The van der Waals surface area contributed by atoms with Gasteiger partial charge in [-0.25, -0.2) is 0 Å². The lowest BCUT2D eigenvalue weighted by Gasteiger charge is -2.37. The molecule has 0 aromatic heterocycles. The minimum absolute atomic E-state index is 0.0231. The van der Waals surface area contributed by atoms with Crippen molar-refractivity contribution >= 4 is 15.9 Å². The van der Waals surface area contributed by atoms with E-state index < -0.39 is 0 Å². The van der Waals surface area contributed by atoms with E-state index in [-0.39, 0.29) is 11.6 Å². The Morgan fingerprint density at radius 2 is 2.24 bits per heavy atom. The summed E-state index contributed by atoms with van der Waals surface area (Å²) in [4.78, 5) is 0. The van der Waals surface area contributed by atoms with Crippen LogP contribution in [0.1, 0.15) is 25.5 Å². The number of halogens is 1. The Hall–Kier alpha value is -0.580. The Balaban J connectivity index is 2.19. The normalized spacial score (nSPS) is 23.4. The molecule has 1 aromatic carbocycles. The zero-order chi connectivity index (χ0) is 12.5. The predicted molar refractivity (Wildman–Crippen MR) is 71.5 cm³/mol. The van der Waals surface area contributed by atoms with Gasteiger partial charge in [-0.05, 0) is 47.5 Å². The Morgan fingerprint density at radius 3 is 2.82 bits per heavy atom. The summed E-state index contributed by atoms with van der Waals surface area (Å²) >= 11 is 3.51. The Bertz CT molecular complexity index is 406. The number of ether oxygens (including phenoxy) is 2. The standard InChI is InChI=1S/C13H18BrNO2/c1-13(2)8-17-7-11(15-13)9-4-5-12(16-3)10(14)6-9/h4-6,11,15H,7-8H2,1-3H3. The zero-order valence-electron chi connectivity index (χ0n) is 10.4. The molecule has 0 radical (unpaired) electrons. The molecular formula is C13H18BrNO2. The largest absolute Gasteiger partial charge is 0.496 e. The van der Waals surface area contributed by atoms with Crippen molar-refractivity contribution in [3.8, 4) is 5.75 Å². The van der Waals surface area contributed by atoms with Gasteiger partial charge < -0.3 is 14.8 Å². The maximum Gasteiger partial charge on any atom is 0.133 e. The smallest absolute Gasteiger partial charge is 0.133 e. The highest BCUT2D eigenvalue weighted by Gasteiger charge is 2.28. The van der Waals surface area contributed by atoms with Crippen molar-refractivity contribution in [2.75, 3.05) is 20.3 Å². The molecule has 0 saturated carbocycles. The van der Waals surface area contributed by atoms with Crippen LogP contribution in [0.25, 0.3) is 0 Å². The minimum Gasteiger partial charge on any atom is -0.496 e. The maximum absolute atomic E-state index is 5.64. The van der Waals surface area contributed by atoms with Gasteiger partial charge in [-0.15, -0.1) is 0 Å². The number of methoxy groups -OCH3 is 1. The molecule has 1 atom stereocenters. The first-order chi connectivity index (χ1) is 8.02. The number of morpholine rings is 1. The van der Waals surface area contributed by atoms with Crippen LogP contribution in [0.3, 0.4) is 0 Å². The molecule has 2 rings (SSSR count). The number of hydrogen-bond donors (Lipinski definition) is 1. The van der Waals surface area contributed by atoms with Crippen molar-refractivity contribution in [3.63, 3.8) is 0 Å². The molecule has 1 aliphatic rings. The van der Waals surface area contributed by atoms with Crippen molar-refractivity contribution in [2.45, 2.75) is 25.4 Å². The summed E-state index contributed by atoms with van der Waals surface area (Å²) < 4.78 is 11.8. The summed E-state index contributed by atoms with van der Waals surface area (Å²) in [7, 11) is 1.67. The van der Waals surface area contributed by atoms with Crippen LogP contribution in [0.5, 0.6) is 5.75 Å². The first kappa shape index (κ1) is 12.9. The fraction of sp³-hybridized carbons (Fsp3) is 0.538. The van der Waals surface area contributed by atoms with Crippen LogP contribution in [0.15, 0.2) is 22.7 Å². The molecule has 17 heavy (non-hydrogen) atoms. The van der Waals surface area contributed by atoms with Gasteiger partial charge in [0.05, 0.1) is 30.8 Å². The third-order valence-electron chi connectivity index (χ3n) is 2.89. The van der Waals surface area contributed by atoms with Crippen LogP contribution in [0.2, 0.25) is 0 Å². The monoisotopic (exact) mass is 299 g/mol. The summed E-state index contributed by atoms with van der Waals surface area (Å²) in [6, 6.07) is 6.37. The number of hydrogen-bond acceptors (Lipinski definition) is 3.